The number of nitrogens with one attached hydrogen (secondary N) is 1. The lowest BCUT2D eigenvalue weighted by molar-refractivity contribution is 0.0974. The maximum Gasteiger partial charge on any atom is 0.238 e. The van der Waals surface area contributed by atoms with Gasteiger partial charge < -0.3 is 0 Å². The number of hydrogen-bond acceptors (Lipinski definition) is 5. The molecule has 2 aromatic rings. The number of carbonyl (C=O) groups is 1. The van der Waals surface area contributed by atoms with Gasteiger partial charge >= 0.3 is 0 Å². The topological polar surface area (TPSA) is 102 Å². The predicted octanol–water partition coefficient (Wildman–Crippen LogP) is 2.12. The number of rotatable bonds is 5. The minimum absolute atomic E-state index is 0.0761. The van der Waals surface area contributed by atoms with Crippen molar-refractivity contribution in [2.75, 3.05) is 16.2 Å². The minimum Gasteiger partial charge on any atom is -0.294 e. The smallest absolute Gasteiger partial charge is 0.238 e. The number of carbonyl (C=O) groups excluding carboxylic acids is 1. The van der Waals surface area contributed by atoms with Gasteiger partial charge in [-0.2, -0.15) is 0 Å². The number of anilines is 1. The summed E-state index contributed by atoms with van der Waals surface area (Å²) in [6.07, 6.45) is 1.48. The fraction of sp³-hybridized carbons (Fsp3) is 0.438. The summed E-state index contributed by atoms with van der Waals surface area (Å²) in [4.78, 5) is 12.4. The summed E-state index contributed by atoms with van der Waals surface area (Å²) in [7, 11) is -7.04. The van der Waals surface area contributed by atoms with E-state index in [9.17, 15) is 21.6 Å². The second-order valence-corrected chi connectivity index (χ2v) is 10.1. The van der Waals surface area contributed by atoms with E-state index in [-0.39, 0.29) is 17.3 Å². The predicted molar refractivity (Wildman–Crippen MR) is 97.1 cm³/mol. The second-order valence-electron chi connectivity index (χ2n) is 6.00. The molecule has 25 heavy (non-hydrogen) atoms. The zero-order valence-corrected chi connectivity index (χ0v) is 15.7. The highest BCUT2D eigenvalue weighted by atomic mass is 32.2. The van der Waals surface area contributed by atoms with Gasteiger partial charge in [0.1, 0.15) is 0 Å². The molecule has 1 aliphatic rings. The first-order valence-corrected chi connectivity index (χ1v) is 11.4. The molecule has 3 rings (SSSR count). The molecule has 9 heteroatoms. The lowest BCUT2D eigenvalue weighted by Crippen LogP contribution is -2.20. The molecule has 0 atom stereocenters. The second kappa shape index (κ2) is 6.14. The molecule has 136 valence electrons. The van der Waals surface area contributed by atoms with Gasteiger partial charge in [-0.25, -0.2) is 20.8 Å². The molecule has 0 spiro atoms. The zero-order valence-electron chi connectivity index (χ0n) is 14.1. The first-order valence-electron chi connectivity index (χ1n) is 8.14. The normalized spacial score (nSPS) is 15.4. The lowest BCUT2D eigenvalue weighted by atomic mass is 9.94. The van der Waals surface area contributed by atoms with E-state index in [2.05, 4.69) is 4.72 Å². The van der Waals surface area contributed by atoms with E-state index >= 15 is 0 Å². The molecular weight excluding hydrogens is 364 g/mol. The monoisotopic (exact) mass is 384 g/mol. The van der Waals surface area contributed by atoms with Crippen LogP contribution in [0.4, 0.5) is 5.69 Å². The van der Waals surface area contributed by atoms with Gasteiger partial charge in [0, 0.05) is 28.8 Å². The Balaban J connectivity index is 2.31. The number of aromatic nitrogens is 1. The van der Waals surface area contributed by atoms with Crippen molar-refractivity contribution < 1.29 is 21.6 Å². The van der Waals surface area contributed by atoms with E-state index in [1.165, 1.54) is 17.0 Å². The molecule has 0 unspecified atom stereocenters. The Hall–Kier alpha value is -1.87. The van der Waals surface area contributed by atoms with E-state index in [1.54, 1.807) is 19.1 Å². The molecule has 0 fully saturated rings. The third kappa shape index (κ3) is 3.06. The number of sulfonamides is 1. The Morgan fingerprint density at radius 3 is 2.44 bits per heavy atom. The van der Waals surface area contributed by atoms with Gasteiger partial charge in [0.25, 0.3) is 0 Å². The Morgan fingerprint density at radius 2 is 1.80 bits per heavy atom. The van der Waals surface area contributed by atoms with Gasteiger partial charge in [-0.05, 0) is 44.9 Å². The summed E-state index contributed by atoms with van der Waals surface area (Å²) in [6, 6.07) is 4.63. The fourth-order valence-corrected chi connectivity index (χ4v) is 5.02. The standard InChI is InChI=1S/C16H20N2O5S2/c1-3-24(20,21)17-11-8-9-13-12(10-11)16-14(6-5-7-15(16)19)18(13)25(22,23)4-2/h8-10,17H,3-7H2,1-2H3. The van der Waals surface area contributed by atoms with Gasteiger partial charge in [-0.15, -0.1) is 0 Å². The molecule has 0 aliphatic heterocycles. The van der Waals surface area contributed by atoms with Crippen LogP contribution in [-0.4, -0.2) is 38.1 Å². The van der Waals surface area contributed by atoms with Crippen LogP contribution in [0.25, 0.3) is 10.9 Å². The molecule has 7 nitrogen and oxygen atoms in total. The van der Waals surface area contributed by atoms with Crippen molar-refractivity contribution in [3.8, 4) is 0 Å². The Labute approximate surface area is 147 Å². The first kappa shape index (κ1) is 17.9. The van der Waals surface area contributed by atoms with Crippen LogP contribution in [0.1, 0.15) is 42.7 Å². The van der Waals surface area contributed by atoms with E-state index < -0.39 is 20.0 Å². The molecule has 1 aliphatic carbocycles. The van der Waals surface area contributed by atoms with Crippen molar-refractivity contribution in [3.05, 3.63) is 29.5 Å². The number of hydrogen-bond donors (Lipinski definition) is 1. The highest BCUT2D eigenvalue weighted by Gasteiger charge is 2.30. The fourth-order valence-electron chi connectivity index (χ4n) is 3.16. The SMILES string of the molecule is CCS(=O)(=O)Nc1ccc2c(c1)c1c(n2S(=O)(=O)CC)CCCC1=O. The Morgan fingerprint density at radius 1 is 1.08 bits per heavy atom. The molecule has 0 bridgehead atoms. The van der Waals surface area contributed by atoms with Crippen LogP contribution in [0.5, 0.6) is 0 Å². The number of nitrogens with zero attached hydrogens (tertiary/aromatic N) is 1. The number of fused-ring (bicyclic) bond motifs is 3. The third-order valence-electron chi connectivity index (χ3n) is 4.41. The van der Waals surface area contributed by atoms with Crippen molar-refractivity contribution in [1.82, 2.24) is 3.97 Å². The van der Waals surface area contributed by atoms with Crippen LogP contribution >= 0.6 is 0 Å². The van der Waals surface area contributed by atoms with Gasteiger partial charge in [0.05, 0.1) is 17.0 Å². The van der Waals surface area contributed by atoms with Crippen molar-refractivity contribution in [2.24, 2.45) is 0 Å². The number of Topliss-reactive ketones (excluding diaryl/α,β-unsaturated/α-hetero) is 1. The minimum atomic E-state index is -3.57. The summed E-state index contributed by atoms with van der Waals surface area (Å²) in [5, 5.41) is 0.480. The number of benzene rings is 1. The molecule has 1 aromatic carbocycles. The van der Waals surface area contributed by atoms with Gasteiger partial charge in [0.2, 0.25) is 20.0 Å². The molecule has 0 radical (unpaired) electrons. The van der Waals surface area contributed by atoms with Crippen LogP contribution in [0.2, 0.25) is 0 Å². The molecule has 0 saturated carbocycles. The molecule has 1 N–H and O–H groups in total. The van der Waals surface area contributed by atoms with E-state index in [1.807, 2.05) is 0 Å². The highest BCUT2D eigenvalue weighted by Crippen LogP contribution is 2.35. The van der Waals surface area contributed by atoms with Gasteiger partial charge in [-0.1, -0.05) is 0 Å². The van der Waals surface area contributed by atoms with Crippen molar-refractivity contribution in [3.63, 3.8) is 0 Å². The Kier molecular flexibility index (Phi) is 4.40. The van der Waals surface area contributed by atoms with E-state index in [0.29, 0.717) is 47.1 Å². The van der Waals surface area contributed by atoms with Crippen LogP contribution in [-0.2, 0) is 26.5 Å². The van der Waals surface area contributed by atoms with Gasteiger partial charge in [-0.3, -0.25) is 9.52 Å². The van der Waals surface area contributed by atoms with Crippen molar-refractivity contribution in [2.45, 2.75) is 33.1 Å². The van der Waals surface area contributed by atoms with Crippen LogP contribution in [0.3, 0.4) is 0 Å². The lowest BCUT2D eigenvalue weighted by Gasteiger charge is -2.14. The zero-order chi connectivity index (χ0) is 18.4. The summed E-state index contributed by atoms with van der Waals surface area (Å²) in [5.41, 5.74) is 1.64. The summed E-state index contributed by atoms with van der Waals surface area (Å²) >= 11 is 0. The van der Waals surface area contributed by atoms with Crippen LogP contribution in [0.15, 0.2) is 18.2 Å². The van der Waals surface area contributed by atoms with Gasteiger partial charge in [0.15, 0.2) is 5.78 Å². The maximum atomic E-state index is 12.6. The average molecular weight is 384 g/mol. The van der Waals surface area contributed by atoms with Crippen LogP contribution in [0, 0.1) is 0 Å². The largest absolute Gasteiger partial charge is 0.294 e. The molecule has 1 heterocycles. The van der Waals surface area contributed by atoms with E-state index in [4.69, 9.17) is 0 Å². The summed E-state index contributed by atoms with van der Waals surface area (Å²) in [5.74, 6) is -0.263. The molecule has 0 amide bonds. The summed E-state index contributed by atoms with van der Waals surface area (Å²) in [6.45, 7) is 3.08. The quantitative estimate of drug-likeness (QED) is 0.851. The number of ketones is 1. The maximum absolute atomic E-state index is 12.6. The molecule has 1 aromatic heterocycles. The highest BCUT2D eigenvalue weighted by molar-refractivity contribution is 7.92. The summed E-state index contributed by atoms with van der Waals surface area (Å²) < 4.78 is 52.4. The Bertz CT molecular complexity index is 1070. The van der Waals surface area contributed by atoms with Crippen molar-refractivity contribution >= 4 is 42.4 Å². The average Bonchev–Trinajstić information content (AvgIpc) is 2.90. The third-order valence-corrected chi connectivity index (χ3v) is 7.42. The first-order chi connectivity index (χ1) is 11.7. The molecular formula is C16H20N2O5S2. The van der Waals surface area contributed by atoms with Crippen molar-refractivity contribution in [1.29, 1.82) is 0 Å². The van der Waals surface area contributed by atoms with E-state index in [0.717, 1.165) is 0 Å². The van der Waals surface area contributed by atoms with Crippen LogP contribution < -0.4 is 4.72 Å². The molecule has 0 saturated heterocycles.